The number of nitrogen functional groups attached to an aromatic ring is 2. The van der Waals surface area contributed by atoms with Crippen LogP contribution in [0, 0.1) is 5.41 Å². The molecule has 0 saturated heterocycles. The van der Waals surface area contributed by atoms with Crippen molar-refractivity contribution in [1.82, 2.24) is 4.98 Å². The van der Waals surface area contributed by atoms with Crippen LogP contribution >= 0.6 is 0 Å². The molecule has 0 aliphatic heterocycles. The van der Waals surface area contributed by atoms with Crippen molar-refractivity contribution < 1.29 is 4.74 Å². The summed E-state index contributed by atoms with van der Waals surface area (Å²) >= 11 is 0. The molecule has 0 saturated carbocycles. The minimum absolute atomic E-state index is 0.0158. The number of nitrogens with one attached hydrogen (secondary N) is 1. The normalized spacial score (nSPS) is 10.8. The Kier molecular flexibility index (Phi) is 2.68. The summed E-state index contributed by atoms with van der Waals surface area (Å²) in [7, 11) is 1.62. The van der Waals surface area contributed by atoms with Gasteiger partial charge in [-0.25, -0.2) is 4.98 Å². The number of nitrogens with two attached hydrogens (primary N) is 2. The molecule has 0 amide bonds. The van der Waals surface area contributed by atoms with Crippen LogP contribution in [0.4, 0.5) is 5.69 Å². The summed E-state index contributed by atoms with van der Waals surface area (Å²) in [6.07, 6.45) is 0. The van der Waals surface area contributed by atoms with Gasteiger partial charge in [-0.1, -0.05) is 6.07 Å². The van der Waals surface area contributed by atoms with E-state index in [9.17, 15) is 0 Å². The van der Waals surface area contributed by atoms with E-state index < -0.39 is 0 Å². The lowest BCUT2D eigenvalue weighted by atomic mass is 10.1. The maximum atomic E-state index is 7.48. The maximum absolute atomic E-state index is 7.48. The molecule has 1 heterocycles. The van der Waals surface area contributed by atoms with Gasteiger partial charge in [0.1, 0.15) is 11.6 Å². The second-order valence-corrected chi connectivity index (χ2v) is 4.55. The van der Waals surface area contributed by atoms with E-state index in [1.54, 1.807) is 19.2 Å². The largest absolute Gasteiger partial charge is 0.497 e. The number of benzene rings is 2. The molecular weight excluding hydrogens is 252 g/mol. The molecule has 1 aromatic heterocycles. The van der Waals surface area contributed by atoms with Crippen LogP contribution in [0.2, 0.25) is 0 Å². The van der Waals surface area contributed by atoms with E-state index in [0.29, 0.717) is 11.3 Å². The standard InChI is InChI=1S/C15H14N4O/c1-20-9-3-5-12-11(7-9)14(16)10-4-2-8(15(17)18)6-13(10)19-12/h2-7H,1H3,(H2,16,19)(H3,17,18). The summed E-state index contributed by atoms with van der Waals surface area (Å²) in [5.41, 5.74) is 14.5. The Labute approximate surface area is 115 Å². The fourth-order valence-electron chi connectivity index (χ4n) is 2.25. The Morgan fingerprint density at radius 1 is 1.10 bits per heavy atom. The summed E-state index contributed by atoms with van der Waals surface area (Å²) in [4.78, 5) is 4.57. The molecule has 3 rings (SSSR count). The van der Waals surface area contributed by atoms with Crippen LogP contribution < -0.4 is 16.2 Å². The van der Waals surface area contributed by atoms with Gasteiger partial charge in [0.2, 0.25) is 0 Å². The first-order chi connectivity index (χ1) is 9.60. The zero-order valence-electron chi connectivity index (χ0n) is 11.0. The smallest absolute Gasteiger partial charge is 0.122 e. The van der Waals surface area contributed by atoms with E-state index in [2.05, 4.69) is 4.98 Å². The predicted octanol–water partition coefficient (Wildman–Crippen LogP) is 2.26. The van der Waals surface area contributed by atoms with Gasteiger partial charge in [0.05, 0.1) is 23.8 Å². The quantitative estimate of drug-likeness (QED) is 0.376. The van der Waals surface area contributed by atoms with E-state index in [4.69, 9.17) is 21.6 Å². The number of methoxy groups -OCH3 is 1. The molecule has 0 atom stereocenters. The van der Waals surface area contributed by atoms with Crippen molar-refractivity contribution >= 4 is 33.3 Å². The number of fused-ring (bicyclic) bond motifs is 2. The number of rotatable bonds is 2. The van der Waals surface area contributed by atoms with Gasteiger partial charge < -0.3 is 16.2 Å². The average Bonchev–Trinajstić information content (AvgIpc) is 2.46. The van der Waals surface area contributed by atoms with E-state index in [0.717, 1.165) is 27.6 Å². The van der Waals surface area contributed by atoms with Gasteiger partial charge in [-0.15, -0.1) is 0 Å². The lowest BCUT2D eigenvalue weighted by molar-refractivity contribution is 0.415. The molecule has 0 spiro atoms. The zero-order valence-corrected chi connectivity index (χ0v) is 11.0. The Hall–Kier alpha value is -2.82. The first-order valence-electron chi connectivity index (χ1n) is 6.11. The summed E-state index contributed by atoms with van der Waals surface area (Å²) in [6, 6.07) is 11.0. The van der Waals surface area contributed by atoms with Crippen molar-refractivity contribution in [1.29, 1.82) is 5.41 Å². The minimum atomic E-state index is 0.0158. The molecule has 3 aromatic rings. The first-order valence-corrected chi connectivity index (χ1v) is 6.11. The fourth-order valence-corrected chi connectivity index (χ4v) is 2.25. The van der Waals surface area contributed by atoms with Crippen LogP contribution in [0.3, 0.4) is 0 Å². The van der Waals surface area contributed by atoms with Gasteiger partial charge in [0.25, 0.3) is 0 Å². The van der Waals surface area contributed by atoms with Crippen molar-refractivity contribution in [3.05, 3.63) is 42.0 Å². The van der Waals surface area contributed by atoms with Gasteiger partial charge >= 0.3 is 0 Å². The van der Waals surface area contributed by atoms with E-state index >= 15 is 0 Å². The Morgan fingerprint density at radius 3 is 2.60 bits per heavy atom. The summed E-state index contributed by atoms with van der Waals surface area (Å²) in [6.45, 7) is 0. The van der Waals surface area contributed by atoms with Crippen LogP contribution in [-0.2, 0) is 0 Å². The van der Waals surface area contributed by atoms with Gasteiger partial charge in [0, 0.05) is 16.3 Å². The third-order valence-electron chi connectivity index (χ3n) is 3.33. The highest BCUT2D eigenvalue weighted by Crippen LogP contribution is 2.31. The van der Waals surface area contributed by atoms with Crippen LogP contribution in [0.5, 0.6) is 5.75 Å². The highest BCUT2D eigenvalue weighted by Gasteiger charge is 2.09. The molecule has 5 nitrogen and oxygen atoms in total. The molecule has 0 unspecified atom stereocenters. The van der Waals surface area contributed by atoms with Gasteiger partial charge in [-0.3, -0.25) is 5.41 Å². The molecule has 20 heavy (non-hydrogen) atoms. The minimum Gasteiger partial charge on any atom is -0.497 e. The van der Waals surface area contributed by atoms with E-state index in [-0.39, 0.29) is 5.84 Å². The number of aromatic nitrogens is 1. The SMILES string of the molecule is COc1ccc2nc3cc(C(=N)N)ccc3c(N)c2c1. The maximum Gasteiger partial charge on any atom is 0.122 e. The number of hydrogen-bond acceptors (Lipinski definition) is 4. The van der Waals surface area contributed by atoms with Gasteiger partial charge in [0.15, 0.2) is 0 Å². The molecule has 100 valence electrons. The molecule has 0 bridgehead atoms. The van der Waals surface area contributed by atoms with Crippen molar-refractivity contribution in [3.8, 4) is 5.75 Å². The van der Waals surface area contributed by atoms with E-state index in [1.807, 2.05) is 24.3 Å². The zero-order chi connectivity index (χ0) is 14.3. The monoisotopic (exact) mass is 266 g/mol. The van der Waals surface area contributed by atoms with Crippen LogP contribution in [-0.4, -0.2) is 17.9 Å². The molecule has 0 aliphatic rings. The topological polar surface area (TPSA) is 98.0 Å². The highest BCUT2D eigenvalue weighted by molar-refractivity contribution is 6.08. The van der Waals surface area contributed by atoms with Crippen molar-refractivity contribution in [3.63, 3.8) is 0 Å². The average molecular weight is 266 g/mol. The molecule has 2 aromatic carbocycles. The number of anilines is 1. The Balaban J connectivity index is 2.37. The van der Waals surface area contributed by atoms with Crippen LogP contribution in [0.25, 0.3) is 21.8 Å². The Bertz CT molecular complexity index is 842. The summed E-state index contributed by atoms with van der Waals surface area (Å²) in [5, 5.41) is 9.18. The Morgan fingerprint density at radius 2 is 1.90 bits per heavy atom. The molecule has 5 heteroatoms. The van der Waals surface area contributed by atoms with Crippen molar-refractivity contribution in [2.24, 2.45) is 5.73 Å². The molecule has 0 aliphatic carbocycles. The molecular formula is C15H14N4O. The number of hydrogen-bond donors (Lipinski definition) is 3. The second-order valence-electron chi connectivity index (χ2n) is 4.55. The molecule has 0 fully saturated rings. The van der Waals surface area contributed by atoms with Crippen molar-refractivity contribution in [2.45, 2.75) is 0 Å². The number of nitrogens with zero attached hydrogens (tertiary/aromatic N) is 1. The lowest BCUT2D eigenvalue weighted by Gasteiger charge is -2.09. The number of pyridine rings is 1. The summed E-state index contributed by atoms with van der Waals surface area (Å²) in [5.74, 6) is 0.757. The summed E-state index contributed by atoms with van der Waals surface area (Å²) < 4.78 is 5.21. The van der Waals surface area contributed by atoms with E-state index in [1.165, 1.54) is 0 Å². The van der Waals surface area contributed by atoms with Gasteiger partial charge in [-0.05, 0) is 30.3 Å². The third kappa shape index (κ3) is 1.80. The lowest BCUT2D eigenvalue weighted by Crippen LogP contribution is -2.10. The number of amidine groups is 1. The molecule has 0 radical (unpaired) electrons. The van der Waals surface area contributed by atoms with Crippen LogP contribution in [0.15, 0.2) is 36.4 Å². The van der Waals surface area contributed by atoms with Crippen molar-refractivity contribution in [2.75, 3.05) is 12.8 Å². The molecule has 5 N–H and O–H groups in total. The second kappa shape index (κ2) is 4.38. The third-order valence-corrected chi connectivity index (χ3v) is 3.33. The fraction of sp³-hybridized carbons (Fsp3) is 0.0667. The first kappa shape index (κ1) is 12.2. The highest BCUT2D eigenvalue weighted by atomic mass is 16.5. The number of ether oxygens (including phenoxy) is 1. The predicted molar refractivity (Wildman–Crippen MR) is 81.2 cm³/mol. The van der Waals surface area contributed by atoms with Crippen LogP contribution in [0.1, 0.15) is 5.56 Å². The van der Waals surface area contributed by atoms with Gasteiger partial charge in [-0.2, -0.15) is 0 Å².